The fraction of sp³-hybridized carbons (Fsp3) is 0.625. The van der Waals surface area contributed by atoms with E-state index in [1.807, 2.05) is 6.92 Å². The van der Waals surface area contributed by atoms with Crippen LogP contribution >= 0.6 is 0 Å². The highest BCUT2D eigenvalue weighted by Gasteiger charge is 2.03. The Morgan fingerprint density at radius 2 is 2.36 bits per heavy atom. The molecule has 0 saturated carbocycles. The Bertz CT molecular complexity index is 131. The molecule has 0 aliphatic carbocycles. The number of carbonyl (C=O) groups is 1. The Labute approximate surface area is 67.0 Å². The van der Waals surface area contributed by atoms with Gasteiger partial charge in [-0.3, -0.25) is 4.79 Å². The highest BCUT2D eigenvalue weighted by Crippen LogP contribution is 1.93. The molecule has 1 unspecified atom stereocenters. The zero-order valence-electron chi connectivity index (χ0n) is 7.00. The number of hydrogen-bond acceptors (Lipinski definition) is 3. The summed E-state index contributed by atoms with van der Waals surface area (Å²) < 4.78 is 9.72. The van der Waals surface area contributed by atoms with Crippen LogP contribution in [0, 0.1) is 0 Å². The molecule has 0 aliphatic rings. The van der Waals surface area contributed by atoms with Gasteiger partial charge in [0.05, 0.1) is 6.26 Å². The van der Waals surface area contributed by atoms with Gasteiger partial charge in [-0.05, 0) is 6.92 Å². The molecule has 0 spiro atoms. The van der Waals surface area contributed by atoms with Gasteiger partial charge in [0.2, 0.25) is 0 Å². The van der Waals surface area contributed by atoms with Gasteiger partial charge in [-0.15, -0.1) is 0 Å². The maximum absolute atomic E-state index is 10.6. The summed E-state index contributed by atoms with van der Waals surface area (Å²) in [6, 6.07) is 0. The molecule has 0 radical (unpaired) electrons. The van der Waals surface area contributed by atoms with E-state index in [0.29, 0.717) is 13.0 Å². The van der Waals surface area contributed by atoms with Crippen molar-refractivity contribution in [1.82, 2.24) is 0 Å². The number of esters is 1. The predicted octanol–water partition coefficient (Wildman–Crippen LogP) is 1.49. The van der Waals surface area contributed by atoms with E-state index in [4.69, 9.17) is 9.47 Å². The number of carbonyl (C=O) groups excluding carboxylic acids is 1. The third-order valence-electron chi connectivity index (χ3n) is 1.10. The summed E-state index contributed by atoms with van der Waals surface area (Å²) in [5.74, 6) is -0.204. The molecule has 3 nitrogen and oxygen atoms in total. The minimum Gasteiger partial charge on any atom is -0.495 e. The molecule has 0 amide bonds. The third-order valence-corrected chi connectivity index (χ3v) is 1.10. The molecular weight excluding hydrogens is 144 g/mol. The lowest BCUT2D eigenvalue weighted by molar-refractivity contribution is -0.145. The Kier molecular flexibility index (Phi) is 5.25. The van der Waals surface area contributed by atoms with Crippen LogP contribution in [0.3, 0.4) is 0 Å². The van der Waals surface area contributed by atoms with Crippen molar-refractivity contribution in [2.24, 2.45) is 0 Å². The molecule has 0 fully saturated rings. The maximum Gasteiger partial charge on any atom is 0.305 e. The van der Waals surface area contributed by atoms with Gasteiger partial charge in [0, 0.05) is 6.42 Å². The van der Waals surface area contributed by atoms with E-state index in [9.17, 15) is 4.79 Å². The summed E-state index contributed by atoms with van der Waals surface area (Å²) in [6.07, 6.45) is 1.63. The van der Waals surface area contributed by atoms with E-state index in [-0.39, 0.29) is 12.1 Å². The van der Waals surface area contributed by atoms with Crippen LogP contribution in [-0.2, 0) is 14.3 Å². The van der Waals surface area contributed by atoms with Crippen molar-refractivity contribution in [3.8, 4) is 0 Å². The number of rotatable bonds is 5. The van der Waals surface area contributed by atoms with Crippen molar-refractivity contribution in [2.45, 2.75) is 26.4 Å². The van der Waals surface area contributed by atoms with E-state index < -0.39 is 0 Å². The molecule has 0 aliphatic heterocycles. The van der Waals surface area contributed by atoms with Crippen molar-refractivity contribution in [1.29, 1.82) is 0 Å². The Morgan fingerprint density at radius 1 is 1.73 bits per heavy atom. The molecule has 0 aromatic rings. The van der Waals surface area contributed by atoms with Crippen LogP contribution in [0.4, 0.5) is 0 Å². The number of hydrogen-bond donors (Lipinski definition) is 0. The van der Waals surface area contributed by atoms with E-state index >= 15 is 0 Å². The lowest BCUT2D eigenvalue weighted by Crippen LogP contribution is -2.16. The Morgan fingerprint density at radius 3 is 2.82 bits per heavy atom. The van der Waals surface area contributed by atoms with Crippen LogP contribution < -0.4 is 0 Å². The van der Waals surface area contributed by atoms with Gasteiger partial charge in [-0.1, -0.05) is 13.5 Å². The van der Waals surface area contributed by atoms with Gasteiger partial charge in [0.15, 0.2) is 0 Å². The van der Waals surface area contributed by atoms with E-state index in [1.54, 1.807) is 6.92 Å². The molecule has 0 aromatic carbocycles. The first kappa shape index (κ1) is 10.0. The third kappa shape index (κ3) is 5.45. The molecule has 0 rings (SSSR count). The molecule has 3 heteroatoms. The molecule has 0 bridgehead atoms. The molecule has 11 heavy (non-hydrogen) atoms. The molecule has 0 heterocycles. The molecule has 0 N–H and O–H groups in total. The average Bonchev–Trinajstić information content (AvgIpc) is 2.01. The van der Waals surface area contributed by atoms with Crippen molar-refractivity contribution in [2.75, 3.05) is 6.61 Å². The monoisotopic (exact) mass is 158 g/mol. The summed E-state index contributed by atoms with van der Waals surface area (Å²) in [5, 5.41) is 0. The molecule has 1 atom stereocenters. The standard InChI is InChI=1S/C8H14O3/c1-4-8(9)11-6-7(3)10-5-2/h5,7H,2,4,6H2,1,3H3. The zero-order valence-corrected chi connectivity index (χ0v) is 7.00. The highest BCUT2D eigenvalue weighted by molar-refractivity contribution is 5.68. The van der Waals surface area contributed by atoms with Gasteiger partial charge in [-0.25, -0.2) is 0 Å². The number of ether oxygens (including phenoxy) is 2. The second-order valence-corrected chi connectivity index (χ2v) is 2.15. The van der Waals surface area contributed by atoms with E-state index in [0.717, 1.165) is 0 Å². The largest absolute Gasteiger partial charge is 0.495 e. The van der Waals surface area contributed by atoms with Crippen LogP contribution in [0.1, 0.15) is 20.3 Å². The molecule has 0 aromatic heterocycles. The van der Waals surface area contributed by atoms with Crippen LogP contribution in [0.25, 0.3) is 0 Å². The summed E-state index contributed by atoms with van der Waals surface area (Å²) in [4.78, 5) is 10.6. The first-order chi connectivity index (χ1) is 5.20. The zero-order chi connectivity index (χ0) is 8.69. The first-order valence-corrected chi connectivity index (χ1v) is 3.62. The lowest BCUT2D eigenvalue weighted by Gasteiger charge is -2.10. The van der Waals surface area contributed by atoms with Gasteiger partial charge in [-0.2, -0.15) is 0 Å². The normalized spacial score (nSPS) is 11.8. The van der Waals surface area contributed by atoms with Crippen LogP contribution in [0.15, 0.2) is 12.8 Å². The fourth-order valence-corrected chi connectivity index (χ4v) is 0.516. The van der Waals surface area contributed by atoms with Crippen LogP contribution in [0.5, 0.6) is 0 Å². The van der Waals surface area contributed by atoms with Crippen LogP contribution in [-0.4, -0.2) is 18.7 Å². The fourth-order valence-electron chi connectivity index (χ4n) is 0.516. The quantitative estimate of drug-likeness (QED) is 0.449. The molecule has 64 valence electrons. The summed E-state index contributed by atoms with van der Waals surface area (Å²) in [6.45, 7) is 7.24. The van der Waals surface area contributed by atoms with Gasteiger partial charge < -0.3 is 9.47 Å². The Balaban J connectivity index is 3.36. The minimum atomic E-state index is -0.204. The van der Waals surface area contributed by atoms with Gasteiger partial charge in [0.25, 0.3) is 0 Å². The molecular formula is C8H14O3. The van der Waals surface area contributed by atoms with Gasteiger partial charge >= 0.3 is 5.97 Å². The average molecular weight is 158 g/mol. The second-order valence-electron chi connectivity index (χ2n) is 2.15. The smallest absolute Gasteiger partial charge is 0.305 e. The van der Waals surface area contributed by atoms with Crippen molar-refractivity contribution in [3.05, 3.63) is 12.8 Å². The highest BCUT2D eigenvalue weighted by atomic mass is 16.6. The molecule has 0 saturated heterocycles. The van der Waals surface area contributed by atoms with Crippen LogP contribution in [0.2, 0.25) is 0 Å². The van der Waals surface area contributed by atoms with E-state index in [2.05, 4.69) is 6.58 Å². The first-order valence-electron chi connectivity index (χ1n) is 3.62. The minimum absolute atomic E-state index is 0.108. The van der Waals surface area contributed by atoms with Gasteiger partial charge in [0.1, 0.15) is 12.7 Å². The van der Waals surface area contributed by atoms with E-state index in [1.165, 1.54) is 6.26 Å². The van der Waals surface area contributed by atoms with Crippen molar-refractivity contribution < 1.29 is 14.3 Å². The second kappa shape index (κ2) is 5.77. The lowest BCUT2D eigenvalue weighted by atomic mass is 10.4. The topological polar surface area (TPSA) is 35.5 Å². The van der Waals surface area contributed by atoms with Crippen molar-refractivity contribution >= 4 is 5.97 Å². The summed E-state index contributed by atoms with van der Waals surface area (Å²) in [7, 11) is 0. The van der Waals surface area contributed by atoms with Crippen molar-refractivity contribution in [3.63, 3.8) is 0 Å². The SMILES string of the molecule is C=COC(C)COC(=O)CC. The Hall–Kier alpha value is -0.990. The summed E-state index contributed by atoms with van der Waals surface area (Å²) >= 11 is 0. The maximum atomic E-state index is 10.6. The predicted molar refractivity (Wildman–Crippen MR) is 42.0 cm³/mol. The summed E-state index contributed by atoms with van der Waals surface area (Å²) in [5.41, 5.74) is 0.